The van der Waals surface area contributed by atoms with Gasteiger partial charge in [0.15, 0.2) is 0 Å². The molecule has 23 heavy (non-hydrogen) atoms. The Bertz CT molecular complexity index is 751. The highest BCUT2D eigenvalue weighted by atomic mass is 32.3. The van der Waals surface area contributed by atoms with Crippen LogP contribution < -0.4 is 4.13 Å². The number of rotatable bonds is 6. The number of sulfonamides is 2. The van der Waals surface area contributed by atoms with E-state index in [1.54, 1.807) is 0 Å². The van der Waals surface area contributed by atoms with Crippen LogP contribution in [0.3, 0.4) is 0 Å². The van der Waals surface area contributed by atoms with Crippen LogP contribution in [0.1, 0.15) is 39.2 Å². The largest absolute Gasteiger partial charge is 0.512 e. The van der Waals surface area contributed by atoms with Crippen molar-refractivity contribution in [2.24, 2.45) is 0 Å². The van der Waals surface area contributed by atoms with Gasteiger partial charge in [-0.1, -0.05) is 43.5 Å². The van der Waals surface area contributed by atoms with Crippen LogP contribution in [0, 0.1) is 0 Å². The Kier molecular flexibility index (Phi) is 5.55. The zero-order valence-electron chi connectivity index (χ0n) is 12.8. The van der Waals surface area contributed by atoms with Crippen LogP contribution in [0.15, 0.2) is 29.2 Å². The number of hydrogen-bond donors (Lipinski definition) is 1. The van der Waals surface area contributed by atoms with Gasteiger partial charge in [0.2, 0.25) is 0 Å². The second kappa shape index (κ2) is 6.40. The Morgan fingerprint density at radius 3 is 1.87 bits per heavy atom. The van der Waals surface area contributed by atoms with E-state index in [4.69, 9.17) is 0 Å². The molecule has 0 atom stereocenters. The maximum atomic E-state index is 12.3. The molecular formula is C13H18F3NO4S2. The topological polar surface area (TPSA) is 80.3 Å². The second-order valence-corrected chi connectivity index (χ2v) is 9.31. The lowest BCUT2D eigenvalue weighted by Crippen LogP contribution is -2.40. The van der Waals surface area contributed by atoms with E-state index in [1.165, 1.54) is 12.1 Å². The average molecular weight is 373 g/mol. The highest BCUT2D eigenvalue weighted by Gasteiger charge is 2.48. The first-order valence-corrected chi connectivity index (χ1v) is 9.65. The summed E-state index contributed by atoms with van der Waals surface area (Å²) in [6, 6.07) is 5.09. The fourth-order valence-electron chi connectivity index (χ4n) is 2.09. The number of alkyl halides is 3. The molecule has 0 saturated heterocycles. The van der Waals surface area contributed by atoms with E-state index in [2.05, 4.69) is 0 Å². The Labute approximate surface area is 134 Å². The molecule has 1 aromatic rings. The van der Waals surface area contributed by atoms with Crippen molar-refractivity contribution in [2.45, 2.75) is 49.4 Å². The van der Waals surface area contributed by atoms with Gasteiger partial charge in [0, 0.05) is 0 Å². The first-order valence-electron chi connectivity index (χ1n) is 6.68. The molecule has 0 aliphatic heterocycles. The normalized spacial score (nSPS) is 14.0. The lowest BCUT2D eigenvalue weighted by atomic mass is 9.81. The third-order valence-corrected chi connectivity index (χ3v) is 6.60. The van der Waals surface area contributed by atoms with Gasteiger partial charge in [-0.3, -0.25) is 0 Å². The van der Waals surface area contributed by atoms with E-state index >= 15 is 0 Å². The summed E-state index contributed by atoms with van der Waals surface area (Å²) in [6.45, 7) is 5.89. The van der Waals surface area contributed by atoms with Gasteiger partial charge in [-0.25, -0.2) is 16.8 Å². The van der Waals surface area contributed by atoms with Crippen molar-refractivity contribution in [1.29, 1.82) is 0 Å². The Morgan fingerprint density at radius 1 is 1.00 bits per heavy atom. The molecule has 0 bridgehead atoms. The predicted octanol–water partition coefficient (Wildman–Crippen LogP) is 2.89. The molecule has 0 saturated carbocycles. The van der Waals surface area contributed by atoms with E-state index in [0.717, 1.165) is 30.5 Å². The molecule has 1 N–H and O–H groups in total. The maximum absolute atomic E-state index is 12.3. The highest BCUT2D eigenvalue weighted by Crippen LogP contribution is 2.29. The van der Waals surface area contributed by atoms with Gasteiger partial charge in [0.25, 0.3) is 10.0 Å². The van der Waals surface area contributed by atoms with E-state index < -0.39 is 30.5 Å². The molecule has 0 heterocycles. The molecule has 0 fully saturated rings. The molecule has 5 nitrogen and oxygen atoms in total. The fourth-order valence-corrected chi connectivity index (χ4v) is 4.51. The van der Waals surface area contributed by atoms with Crippen molar-refractivity contribution in [3.8, 4) is 0 Å². The summed E-state index contributed by atoms with van der Waals surface area (Å²) in [7, 11) is -10.8. The number of benzene rings is 1. The maximum Gasteiger partial charge on any atom is 0.512 e. The lowest BCUT2D eigenvalue weighted by Gasteiger charge is -2.24. The number of nitrogens with one attached hydrogen (secondary N) is 1. The van der Waals surface area contributed by atoms with Crippen LogP contribution in [-0.4, -0.2) is 22.3 Å². The molecule has 0 aliphatic carbocycles. The molecule has 132 valence electrons. The summed E-state index contributed by atoms with van der Waals surface area (Å²) < 4.78 is 83.0. The van der Waals surface area contributed by atoms with E-state index in [1.807, 2.05) is 20.8 Å². The molecule has 1 rings (SSSR count). The molecular weight excluding hydrogens is 355 g/mol. The minimum Gasteiger partial charge on any atom is -0.206 e. The van der Waals surface area contributed by atoms with Gasteiger partial charge in [-0.05, 0) is 29.5 Å². The smallest absolute Gasteiger partial charge is 0.206 e. The van der Waals surface area contributed by atoms with Crippen molar-refractivity contribution >= 4 is 20.0 Å². The number of halogens is 3. The fraction of sp³-hybridized carbons (Fsp3) is 0.538. The van der Waals surface area contributed by atoms with Crippen LogP contribution in [-0.2, 0) is 25.5 Å². The van der Waals surface area contributed by atoms with Gasteiger partial charge in [-0.15, -0.1) is 0 Å². The predicted molar refractivity (Wildman–Crippen MR) is 79.7 cm³/mol. The van der Waals surface area contributed by atoms with Crippen molar-refractivity contribution in [2.75, 3.05) is 0 Å². The van der Waals surface area contributed by atoms with Crippen LogP contribution in [0.2, 0.25) is 0 Å². The summed E-state index contributed by atoms with van der Waals surface area (Å²) in [6.07, 6.45) is 1.73. The van der Waals surface area contributed by atoms with Crippen molar-refractivity contribution in [1.82, 2.24) is 4.13 Å². The number of hydrogen-bond acceptors (Lipinski definition) is 4. The Balaban J connectivity index is 3.13. The quantitative estimate of drug-likeness (QED) is 0.831. The monoisotopic (exact) mass is 373 g/mol. The van der Waals surface area contributed by atoms with Crippen LogP contribution in [0.25, 0.3) is 0 Å². The lowest BCUT2D eigenvalue weighted by molar-refractivity contribution is -0.0441. The van der Waals surface area contributed by atoms with Gasteiger partial charge in [0.05, 0.1) is 4.90 Å². The van der Waals surface area contributed by atoms with Crippen LogP contribution >= 0.6 is 0 Å². The second-order valence-electron chi connectivity index (χ2n) is 5.69. The average Bonchev–Trinajstić information content (AvgIpc) is 2.36. The standard InChI is InChI=1S/C13H18F3NO4S2/c1-4-9-12(2,3)10-5-7-11(8-6-10)22(18,19)17-23(20,21)13(14,15)16/h5-8,17H,4,9H2,1-3H3. The van der Waals surface area contributed by atoms with Crippen LogP contribution in [0.5, 0.6) is 0 Å². The summed E-state index contributed by atoms with van der Waals surface area (Å²) in [5, 5.41) is 0. The van der Waals surface area contributed by atoms with Crippen molar-refractivity contribution in [3.63, 3.8) is 0 Å². The van der Waals surface area contributed by atoms with Gasteiger partial charge < -0.3 is 0 Å². The minimum atomic E-state index is -5.99. The molecule has 0 unspecified atom stereocenters. The molecule has 0 aromatic heterocycles. The minimum absolute atomic E-state index is 0.234. The van der Waals surface area contributed by atoms with E-state index in [0.29, 0.717) is 4.13 Å². The van der Waals surface area contributed by atoms with Gasteiger partial charge in [-0.2, -0.15) is 13.2 Å². The zero-order chi connectivity index (χ0) is 18.1. The highest BCUT2D eigenvalue weighted by molar-refractivity contribution is 8.05. The van der Waals surface area contributed by atoms with Crippen molar-refractivity contribution < 1.29 is 30.0 Å². The molecule has 0 amide bonds. The third kappa shape index (κ3) is 4.67. The van der Waals surface area contributed by atoms with E-state index in [-0.39, 0.29) is 5.41 Å². The van der Waals surface area contributed by atoms with E-state index in [9.17, 15) is 30.0 Å². The van der Waals surface area contributed by atoms with Crippen molar-refractivity contribution in [3.05, 3.63) is 29.8 Å². The first kappa shape index (κ1) is 19.9. The first-order chi connectivity index (χ1) is 10.2. The SMILES string of the molecule is CCCC(C)(C)c1ccc(S(=O)(=O)NS(=O)(=O)C(F)(F)F)cc1. The third-order valence-electron chi connectivity index (χ3n) is 3.35. The summed E-state index contributed by atoms with van der Waals surface area (Å²) in [5.74, 6) is 0. The molecule has 10 heteroatoms. The molecule has 0 spiro atoms. The Morgan fingerprint density at radius 2 is 1.48 bits per heavy atom. The summed E-state index contributed by atoms with van der Waals surface area (Å²) in [5.41, 5.74) is -5.14. The Hall–Kier alpha value is -1.13. The van der Waals surface area contributed by atoms with Gasteiger partial charge in [0.1, 0.15) is 0 Å². The van der Waals surface area contributed by atoms with Gasteiger partial charge >= 0.3 is 15.5 Å². The molecule has 0 radical (unpaired) electrons. The molecule has 1 aromatic carbocycles. The molecule has 0 aliphatic rings. The summed E-state index contributed by atoms with van der Waals surface area (Å²) in [4.78, 5) is -0.554. The summed E-state index contributed by atoms with van der Waals surface area (Å²) >= 11 is 0. The van der Waals surface area contributed by atoms with Crippen LogP contribution in [0.4, 0.5) is 13.2 Å². The zero-order valence-corrected chi connectivity index (χ0v) is 14.4.